The number of halogens is 1. The smallest absolute Gasteiger partial charge is 0.165 e. The molecule has 0 unspecified atom stereocenters. The summed E-state index contributed by atoms with van der Waals surface area (Å²) in [5.41, 5.74) is 3.02. The molecule has 0 saturated heterocycles. The van der Waals surface area contributed by atoms with Crippen LogP contribution in [0.3, 0.4) is 0 Å². The first-order valence-corrected chi connectivity index (χ1v) is 7.43. The van der Waals surface area contributed by atoms with Crippen LogP contribution < -0.4 is 0 Å². The second-order valence-corrected chi connectivity index (χ2v) is 5.94. The number of carbonyl (C=O) groups is 1. The molecular formula is C18H17BrO. The normalized spacial score (nSPS) is 11.2. The summed E-state index contributed by atoms with van der Waals surface area (Å²) in [5.74, 6) is 0.229. The number of ketones is 1. The Morgan fingerprint density at radius 1 is 0.900 bits per heavy atom. The van der Waals surface area contributed by atoms with E-state index >= 15 is 0 Å². The van der Waals surface area contributed by atoms with Crippen molar-refractivity contribution in [2.24, 2.45) is 5.92 Å². The maximum absolute atomic E-state index is 11.8. The van der Waals surface area contributed by atoms with Crippen LogP contribution in [0.15, 0.2) is 53.0 Å². The topological polar surface area (TPSA) is 17.1 Å². The molecule has 2 aromatic carbocycles. The third-order valence-electron chi connectivity index (χ3n) is 3.06. The second kappa shape index (κ2) is 6.67. The number of carbonyl (C=O) groups excluding carboxylic acids is 1. The molecule has 0 saturated carbocycles. The van der Waals surface area contributed by atoms with Gasteiger partial charge in [-0.1, -0.05) is 78.3 Å². The Labute approximate surface area is 128 Å². The number of Topliss-reactive ketones (excluding diaryl/α,β-unsaturated/α-hetero) is 1. The molecule has 0 amide bonds. The van der Waals surface area contributed by atoms with E-state index in [0.717, 1.165) is 21.2 Å². The van der Waals surface area contributed by atoms with Gasteiger partial charge in [-0.05, 0) is 23.3 Å². The van der Waals surface area contributed by atoms with Gasteiger partial charge in [-0.25, -0.2) is 0 Å². The lowest BCUT2D eigenvalue weighted by atomic mass is 10.00. The SMILES string of the molecule is CC(C)C(=O)c1ccc(C=Cc2ccc(Br)cc2)cc1. The standard InChI is InChI=1S/C18H17BrO/c1-13(2)18(20)16-9-5-14(6-10-16)3-4-15-7-11-17(19)12-8-15/h3-13H,1-2H3. The average molecular weight is 329 g/mol. The first-order chi connectivity index (χ1) is 9.56. The molecule has 0 atom stereocenters. The Hall–Kier alpha value is -1.67. The monoisotopic (exact) mass is 328 g/mol. The van der Waals surface area contributed by atoms with E-state index in [1.165, 1.54) is 0 Å². The second-order valence-electron chi connectivity index (χ2n) is 5.03. The molecule has 2 aromatic rings. The lowest BCUT2D eigenvalue weighted by Crippen LogP contribution is -2.06. The van der Waals surface area contributed by atoms with Gasteiger partial charge in [-0.15, -0.1) is 0 Å². The van der Waals surface area contributed by atoms with Crippen molar-refractivity contribution in [3.63, 3.8) is 0 Å². The molecule has 0 bridgehead atoms. The lowest BCUT2D eigenvalue weighted by Gasteiger charge is -2.04. The molecule has 2 heteroatoms. The highest BCUT2D eigenvalue weighted by Gasteiger charge is 2.09. The van der Waals surface area contributed by atoms with E-state index in [4.69, 9.17) is 0 Å². The number of hydrogen-bond acceptors (Lipinski definition) is 1. The predicted molar refractivity (Wildman–Crippen MR) is 88.7 cm³/mol. The van der Waals surface area contributed by atoms with Crippen molar-refractivity contribution in [2.45, 2.75) is 13.8 Å². The molecule has 0 aromatic heterocycles. The van der Waals surface area contributed by atoms with Crippen LogP contribution >= 0.6 is 15.9 Å². The summed E-state index contributed by atoms with van der Waals surface area (Å²) in [7, 11) is 0. The third kappa shape index (κ3) is 3.91. The van der Waals surface area contributed by atoms with Crippen LogP contribution in [0.4, 0.5) is 0 Å². The Balaban J connectivity index is 2.11. The minimum absolute atomic E-state index is 0.0409. The average Bonchev–Trinajstić information content (AvgIpc) is 2.46. The minimum Gasteiger partial charge on any atom is -0.294 e. The van der Waals surface area contributed by atoms with Gasteiger partial charge in [-0.2, -0.15) is 0 Å². The van der Waals surface area contributed by atoms with Crippen molar-refractivity contribution in [2.75, 3.05) is 0 Å². The molecule has 0 aliphatic rings. The van der Waals surface area contributed by atoms with Gasteiger partial charge in [-0.3, -0.25) is 4.79 Å². The number of rotatable bonds is 4. The summed E-state index contributed by atoms with van der Waals surface area (Å²) in [6.07, 6.45) is 4.11. The van der Waals surface area contributed by atoms with Crippen molar-refractivity contribution in [3.05, 3.63) is 69.7 Å². The molecule has 0 radical (unpaired) electrons. The summed E-state index contributed by atoms with van der Waals surface area (Å²) >= 11 is 3.42. The van der Waals surface area contributed by atoms with Gasteiger partial charge in [0.1, 0.15) is 0 Å². The van der Waals surface area contributed by atoms with Crippen LogP contribution in [0.25, 0.3) is 12.2 Å². The van der Waals surface area contributed by atoms with Crippen molar-refractivity contribution < 1.29 is 4.79 Å². The van der Waals surface area contributed by atoms with E-state index in [0.29, 0.717) is 0 Å². The first kappa shape index (κ1) is 14.7. The summed E-state index contributed by atoms with van der Waals surface area (Å²) in [6.45, 7) is 3.84. The lowest BCUT2D eigenvalue weighted by molar-refractivity contribution is 0.0939. The van der Waals surface area contributed by atoms with Crippen LogP contribution in [-0.2, 0) is 0 Å². The van der Waals surface area contributed by atoms with Gasteiger partial charge in [0.05, 0.1) is 0 Å². The molecular weight excluding hydrogens is 312 g/mol. The Kier molecular flexibility index (Phi) is 4.91. The van der Waals surface area contributed by atoms with Gasteiger partial charge >= 0.3 is 0 Å². The van der Waals surface area contributed by atoms with Gasteiger partial charge in [0.25, 0.3) is 0 Å². The van der Waals surface area contributed by atoms with Gasteiger partial charge in [0, 0.05) is 16.0 Å². The molecule has 20 heavy (non-hydrogen) atoms. The fourth-order valence-electron chi connectivity index (χ4n) is 1.86. The van der Waals surface area contributed by atoms with Crippen LogP contribution in [0, 0.1) is 5.92 Å². The quantitative estimate of drug-likeness (QED) is 0.538. The fraction of sp³-hybridized carbons (Fsp3) is 0.167. The van der Waals surface area contributed by atoms with E-state index in [1.54, 1.807) is 0 Å². The third-order valence-corrected chi connectivity index (χ3v) is 3.59. The largest absolute Gasteiger partial charge is 0.294 e. The molecule has 0 aliphatic carbocycles. The van der Waals surface area contributed by atoms with E-state index in [2.05, 4.69) is 34.1 Å². The minimum atomic E-state index is 0.0409. The van der Waals surface area contributed by atoms with Crippen LogP contribution in [-0.4, -0.2) is 5.78 Å². The van der Waals surface area contributed by atoms with Crippen LogP contribution in [0.2, 0.25) is 0 Å². The summed E-state index contributed by atoms with van der Waals surface area (Å²) < 4.78 is 1.08. The zero-order chi connectivity index (χ0) is 14.5. The van der Waals surface area contributed by atoms with E-state index in [1.807, 2.05) is 56.3 Å². The van der Waals surface area contributed by atoms with E-state index < -0.39 is 0 Å². The molecule has 0 N–H and O–H groups in total. The van der Waals surface area contributed by atoms with Crippen molar-refractivity contribution in [1.29, 1.82) is 0 Å². The van der Waals surface area contributed by atoms with Crippen molar-refractivity contribution in [3.8, 4) is 0 Å². The van der Waals surface area contributed by atoms with Crippen molar-refractivity contribution in [1.82, 2.24) is 0 Å². The zero-order valence-electron chi connectivity index (χ0n) is 11.6. The van der Waals surface area contributed by atoms with E-state index in [9.17, 15) is 4.79 Å². The molecule has 0 fully saturated rings. The molecule has 0 spiro atoms. The number of benzene rings is 2. The highest BCUT2D eigenvalue weighted by molar-refractivity contribution is 9.10. The first-order valence-electron chi connectivity index (χ1n) is 6.64. The summed E-state index contributed by atoms with van der Waals surface area (Å²) in [6, 6.07) is 15.9. The van der Waals surface area contributed by atoms with Gasteiger partial charge in [0.15, 0.2) is 5.78 Å². The maximum atomic E-state index is 11.8. The summed E-state index contributed by atoms with van der Waals surface area (Å²) in [5, 5.41) is 0. The fourth-order valence-corrected chi connectivity index (χ4v) is 2.12. The summed E-state index contributed by atoms with van der Waals surface area (Å²) in [4.78, 5) is 11.8. The van der Waals surface area contributed by atoms with E-state index in [-0.39, 0.29) is 11.7 Å². The molecule has 2 rings (SSSR count). The van der Waals surface area contributed by atoms with Crippen molar-refractivity contribution >= 4 is 33.9 Å². The Morgan fingerprint density at radius 2 is 1.35 bits per heavy atom. The predicted octanol–water partition coefficient (Wildman–Crippen LogP) is 5.46. The Morgan fingerprint density at radius 3 is 1.80 bits per heavy atom. The molecule has 0 heterocycles. The van der Waals surface area contributed by atoms with Crippen LogP contribution in [0.1, 0.15) is 35.3 Å². The number of hydrogen-bond donors (Lipinski definition) is 0. The maximum Gasteiger partial charge on any atom is 0.165 e. The van der Waals surface area contributed by atoms with Crippen LogP contribution in [0.5, 0.6) is 0 Å². The molecule has 102 valence electrons. The Bertz CT molecular complexity index is 607. The molecule has 0 aliphatic heterocycles. The van der Waals surface area contributed by atoms with Gasteiger partial charge in [0.2, 0.25) is 0 Å². The zero-order valence-corrected chi connectivity index (χ0v) is 13.2. The van der Waals surface area contributed by atoms with Gasteiger partial charge < -0.3 is 0 Å². The highest BCUT2D eigenvalue weighted by atomic mass is 79.9. The highest BCUT2D eigenvalue weighted by Crippen LogP contribution is 2.15. The molecule has 1 nitrogen and oxygen atoms in total.